The minimum atomic E-state index is -1.01. The second kappa shape index (κ2) is 5.18. The summed E-state index contributed by atoms with van der Waals surface area (Å²) in [4.78, 5) is 0. The van der Waals surface area contributed by atoms with Crippen LogP contribution >= 0.6 is 0 Å². The molecule has 1 aromatic rings. The third kappa shape index (κ3) is 3.29. The highest BCUT2D eigenvalue weighted by molar-refractivity contribution is 5.30. The van der Waals surface area contributed by atoms with Crippen LogP contribution in [-0.2, 0) is 6.42 Å². The van der Waals surface area contributed by atoms with Crippen LogP contribution in [0, 0.1) is 13.8 Å². The number of benzene rings is 1. The Morgan fingerprint density at radius 3 is 2.76 bits per heavy atom. The van der Waals surface area contributed by atoms with Crippen LogP contribution in [-0.4, -0.2) is 18.8 Å². The van der Waals surface area contributed by atoms with Crippen molar-refractivity contribution < 1.29 is 4.39 Å². The molecule has 0 aliphatic carbocycles. The molecule has 1 aliphatic heterocycles. The Kier molecular flexibility index (Phi) is 3.82. The first-order valence-corrected chi connectivity index (χ1v) is 6.55. The van der Waals surface area contributed by atoms with Crippen molar-refractivity contribution in [2.24, 2.45) is 0 Å². The number of aryl methyl sites for hydroxylation is 2. The van der Waals surface area contributed by atoms with E-state index in [2.05, 4.69) is 37.4 Å². The normalized spacial score (nSPS) is 25.6. The summed E-state index contributed by atoms with van der Waals surface area (Å²) in [6, 6.07) is 6.31. The lowest BCUT2D eigenvalue weighted by atomic mass is 9.88. The highest BCUT2D eigenvalue weighted by Gasteiger charge is 2.30. The fourth-order valence-electron chi connectivity index (χ4n) is 2.55. The van der Waals surface area contributed by atoms with Gasteiger partial charge in [0, 0.05) is 6.42 Å². The molecule has 0 saturated carbocycles. The van der Waals surface area contributed by atoms with Crippen LogP contribution in [0.2, 0.25) is 0 Å². The first kappa shape index (κ1) is 12.6. The van der Waals surface area contributed by atoms with Gasteiger partial charge >= 0.3 is 0 Å². The van der Waals surface area contributed by atoms with Gasteiger partial charge in [-0.25, -0.2) is 4.39 Å². The molecule has 0 aromatic heterocycles. The molecule has 1 N–H and O–H groups in total. The average molecular weight is 235 g/mol. The standard InChI is InChI=1S/C15H22FN/c1-12-4-5-14(10-13(12)2)11-15(16)6-3-8-17-9-7-15/h4-5,10,17H,3,6-9,11H2,1-2H3. The minimum absolute atomic E-state index is 0.565. The van der Waals surface area contributed by atoms with Gasteiger partial charge in [0.25, 0.3) is 0 Å². The fraction of sp³-hybridized carbons (Fsp3) is 0.600. The van der Waals surface area contributed by atoms with Crippen molar-refractivity contribution in [1.82, 2.24) is 5.32 Å². The van der Waals surface area contributed by atoms with E-state index in [1.807, 2.05) is 0 Å². The molecule has 0 spiro atoms. The second-order valence-electron chi connectivity index (χ2n) is 5.35. The van der Waals surface area contributed by atoms with E-state index >= 15 is 0 Å². The molecule has 17 heavy (non-hydrogen) atoms. The highest BCUT2D eigenvalue weighted by Crippen LogP contribution is 2.29. The molecule has 1 atom stereocenters. The van der Waals surface area contributed by atoms with E-state index in [9.17, 15) is 4.39 Å². The largest absolute Gasteiger partial charge is 0.317 e. The lowest BCUT2D eigenvalue weighted by molar-refractivity contribution is 0.144. The van der Waals surface area contributed by atoms with Gasteiger partial charge in [-0.1, -0.05) is 18.2 Å². The van der Waals surface area contributed by atoms with Crippen LogP contribution in [0.25, 0.3) is 0 Å². The van der Waals surface area contributed by atoms with Gasteiger partial charge in [-0.05, 0) is 62.9 Å². The zero-order valence-electron chi connectivity index (χ0n) is 10.9. The number of nitrogens with one attached hydrogen (secondary N) is 1. The van der Waals surface area contributed by atoms with Gasteiger partial charge in [0.05, 0.1) is 0 Å². The monoisotopic (exact) mass is 235 g/mol. The number of halogens is 1. The summed E-state index contributed by atoms with van der Waals surface area (Å²) < 4.78 is 14.7. The van der Waals surface area contributed by atoms with Crippen molar-refractivity contribution in [2.45, 2.75) is 45.2 Å². The van der Waals surface area contributed by atoms with Gasteiger partial charge in [0.2, 0.25) is 0 Å². The summed E-state index contributed by atoms with van der Waals surface area (Å²) in [6.45, 7) is 5.96. The topological polar surface area (TPSA) is 12.0 Å². The van der Waals surface area contributed by atoms with E-state index in [-0.39, 0.29) is 0 Å². The number of alkyl halides is 1. The lowest BCUT2D eigenvalue weighted by Crippen LogP contribution is -2.27. The molecule has 1 aliphatic rings. The van der Waals surface area contributed by atoms with Gasteiger partial charge < -0.3 is 5.32 Å². The predicted molar refractivity (Wildman–Crippen MR) is 70.2 cm³/mol. The van der Waals surface area contributed by atoms with Crippen LogP contribution in [0.4, 0.5) is 4.39 Å². The highest BCUT2D eigenvalue weighted by atomic mass is 19.1. The van der Waals surface area contributed by atoms with Crippen LogP contribution in [0.3, 0.4) is 0 Å². The Morgan fingerprint density at radius 1 is 1.18 bits per heavy atom. The van der Waals surface area contributed by atoms with Crippen LogP contribution in [0.1, 0.15) is 36.0 Å². The molecule has 0 radical (unpaired) electrons. The third-order valence-electron chi connectivity index (χ3n) is 3.82. The fourth-order valence-corrected chi connectivity index (χ4v) is 2.55. The number of hydrogen-bond acceptors (Lipinski definition) is 1. The van der Waals surface area contributed by atoms with Crippen molar-refractivity contribution in [3.05, 3.63) is 34.9 Å². The van der Waals surface area contributed by atoms with Gasteiger partial charge in [0.1, 0.15) is 5.67 Å². The maximum absolute atomic E-state index is 14.7. The zero-order chi connectivity index (χ0) is 12.3. The van der Waals surface area contributed by atoms with Crippen LogP contribution < -0.4 is 5.32 Å². The lowest BCUT2D eigenvalue weighted by Gasteiger charge is -2.23. The van der Waals surface area contributed by atoms with Gasteiger partial charge in [-0.15, -0.1) is 0 Å². The summed E-state index contributed by atoms with van der Waals surface area (Å²) in [6.07, 6.45) is 2.84. The van der Waals surface area contributed by atoms with Crippen LogP contribution in [0.5, 0.6) is 0 Å². The van der Waals surface area contributed by atoms with Crippen molar-refractivity contribution >= 4 is 0 Å². The van der Waals surface area contributed by atoms with Crippen molar-refractivity contribution in [3.63, 3.8) is 0 Å². The average Bonchev–Trinajstić information content (AvgIpc) is 2.49. The molecule has 1 unspecified atom stereocenters. The number of hydrogen-bond donors (Lipinski definition) is 1. The van der Waals surface area contributed by atoms with Crippen molar-refractivity contribution in [3.8, 4) is 0 Å². The van der Waals surface area contributed by atoms with Crippen LogP contribution in [0.15, 0.2) is 18.2 Å². The molecule has 1 aromatic carbocycles. The smallest absolute Gasteiger partial charge is 0.116 e. The maximum atomic E-state index is 14.7. The van der Waals surface area contributed by atoms with E-state index in [1.54, 1.807) is 0 Å². The van der Waals surface area contributed by atoms with Crippen molar-refractivity contribution in [2.75, 3.05) is 13.1 Å². The molecule has 1 nitrogen and oxygen atoms in total. The quantitative estimate of drug-likeness (QED) is 0.829. The van der Waals surface area contributed by atoms with E-state index in [1.165, 1.54) is 11.1 Å². The Balaban J connectivity index is 2.10. The Morgan fingerprint density at radius 2 is 2.00 bits per heavy atom. The zero-order valence-corrected chi connectivity index (χ0v) is 10.9. The van der Waals surface area contributed by atoms with Crippen molar-refractivity contribution in [1.29, 1.82) is 0 Å². The second-order valence-corrected chi connectivity index (χ2v) is 5.35. The predicted octanol–water partition coefficient (Wildman–Crippen LogP) is 3.33. The third-order valence-corrected chi connectivity index (χ3v) is 3.82. The molecule has 1 saturated heterocycles. The maximum Gasteiger partial charge on any atom is 0.116 e. The summed E-state index contributed by atoms with van der Waals surface area (Å²) in [7, 11) is 0. The minimum Gasteiger partial charge on any atom is -0.317 e. The van der Waals surface area contributed by atoms with E-state index in [0.717, 1.165) is 25.1 Å². The molecule has 2 rings (SSSR count). The Hall–Kier alpha value is -0.890. The SMILES string of the molecule is Cc1ccc(CC2(F)CCCNCC2)cc1C. The summed E-state index contributed by atoms with van der Waals surface area (Å²) in [5, 5.41) is 3.27. The molecule has 94 valence electrons. The Bertz CT molecular complexity index is 379. The molecular weight excluding hydrogens is 213 g/mol. The first-order chi connectivity index (χ1) is 8.09. The first-order valence-electron chi connectivity index (χ1n) is 6.55. The van der Waals surface area contributed by atoms with E-state index in [4.69, 9.17) is 0 Å². The molecule has 1 fully saturated rings. The summed E-state index contributed by atoms with van der Waals surface area (Å²) in [5.41, 5.74) is 2.67. The summed E-state index contributed by atoms with van der Waals surface area (Å²) >= 11 is 0. The van der Waals surface area contributed by atoms with Gasteiger partial charge in [-0.3, -0.25) is 0 Å². The van der Waals surface area contributed by atoms with Gasteiger partial charge in [-0.2, -0.15) is 0 Å². The Labute approximate surface area is 103 Å². The van der Waals surface area contributed by atoms with E-state index < -0.39 is 5.67 Å². The number of rotatable bonds is 2. The van der Waals surface area contributed by atoms with E-state index in [0.29, 0.717) is 19.3 Å². The van der Waals surface area contributed by atoms with Gasteiger partial charge in [0.15, 0.2) is 0 Å². The molecule has 0 bridgehead atoms. The molecule has 0 amide bonds. The molecule has 2 heteroatoms. The summed E-state index contributed by atoms with van der Waals surface area (Å²) in [5.74, 6) is 0. The molecule has 1 heterocycles. The molecular formula is C15H22FN.